The molecule has 26 heavy (non-hydrogen) atoms. The number of hydrogen-bond donors (Lipinski definition) is 3. The molecule has 0 aromatic heterocycles. The third-order valence-corrected chi connectivity index (χ3v) is 3.95. The van der Waals surface area contributed by atoms with Crippen LogP contribution in [0, 0.1) is 0 Å². The molecule has 0 saturated heterocycles. The van der Waals surface area contributed by atoms with E-state index in [0.29, 0.717) is 25.9 Å². The topological polar surface area (TPSA) is 78.8 Å². The first kappa shape index (κ1) is 19.9. The number of aryl methyl sites for hydroxylation is 1. The summed E-state index contributed by atoms with van der Waals surface area (Å²) in [6, 6.07) is 16.6. The van der Waals surface area contributed by atoms with Gasteiger partial charge in [-0.3, -0.25) is 4.79 Å². The molecule has 0 spiro atoms. The first-order valence-electron chi connectivity index (χ1n) is 8.90. The Morgan fingerprint density at radius 1 is 1.04 bits per heavy atom. The lowest BCUT2D eigenvalue weighted by molar-refractivity contribution is -0.122. The first-order valence-corrected chi connectivity index (χ1v) is 8.90. The molecule has 140 valence electrons. The number of carbonyl (C=O) groups is 1. The molecule has 2 aromatic carbocycles. The van der Waals surface area contributed by atoms with Crippen LogP contribution in [0.15, 0.2) is 54.6 Å². The molecule has 0 aliphatic rings. The molecule has 5 heteroatoms. The maximum Gasteiger partial charge on any atom is 0.220 e. The minimum Gasteiger partial charge on any atom is -0.508 e. The molecule has 2 aromatic rings. The van der Waals surface area contributed by atoms with Crippen molar-refractivity contribution in [1.29, 1.82) is 0 Å². The van der Waals surface area contributed by atoms with Gasteiger partial charge in [0.1, 0.15) is 5.75 Å². The zero-order chi connectivity index (χ0) is 18.8. The summed E-state index contributed by atoms with van der Waals surface area (Å²) in [6.07, 6.45) is 1.15. The Bertz CT molecular complexity index is 655. The number of benzene rings is 2. The Morgan fingerprint density at radius 2 is 1.73 bits per heavy atom. The zero-order valence-corrected chi connectivity index (χ0v) is 15.1. The number of aliphatic hydroxyl groups excluding tert-OH is 1. The van der Waals surface area contributed by atoms with Gasteiger partial charge in [-0.05, 0) is 43.0 Å². The molecule has 1 unspecified atom stereocenters. The Hall–Kier alpha value is -2.37. The van der Waals surface area contributed by atoms with Gasteiger partial charge in [0.2, 0.25) is 5.91 Å². The van der Waals surface area contributed by atoms with Gasteiger partial charge < -0.3 is 20.3 Å². The van der Waals surface area contributed by atoms with Crippen molar-refractivity contribution in [3.63, 3.8) is 0 Å². The van der Waals surface area contributed by atoms with Crippen LogP contribution in [-0.2, 0) is 22.4 Å². The average Bonchev–Trinajstić information content (AvgIpc) is 2.62. The summed E-state index contributed by atoms with van der Waals surface area (Å²) in [5, 5.41) is 21.7. The molecule has 0 saturated carbocycles. The number of rotatable bonds is 10. The van der Waals surface area contributed by atoms with Crippen LogP contribution in [0.3, 0.4) is 0 Å². The normalized spacial score (nSPS) is 13.2. The number of phenolic OH excluding ortho intramolecular Hbond substituents is 1. The second-order valence-electron chi connectivity index (χ2n) is 6.51. The van der Waals surface area contributed by atoms with E-state index in [4.69, 9.17) is 4.74 Å². The summed E-state index contributed by atoms with van der Waals surface area (Å²) in [5.41, 5.74) is 2.12. The molecule has 0 aliphatic heterocycles. The van der Waals surface area contributed by atoms with E-state index in [1.165, 1.54) is 0 Å². The highest BCUT2D eigenvalue weighted by Crippen LogP contribution is 2.12. The fourth-order valence-electron chi connectivity index (χ4n) is 2.65. The molecule has 0 radical (unpaired) electrons. The van der Waals surface area contributed by atoms with E-state index in [-0.39, 0.29) is 24.3 Å². The number of nitrogens with one attached hydrogen (secondary N) is 1. The summed E-state index contributed by atoms with van der Waals surface area (Å²) in [4.78, 5) is 12.3. The Labute approximate surface area is 154 Å². The van der Waals surface area contributed by atoms with Crippen LogP contribution in [0.5, 0.6) is 5.75 Å². The van der Waals surface area contributed by atoms with Crippen molar-refractivity contribution in [1.82, 2.24) is 5.32 Å². The molecule has 2 rings (SSSR count). The van der Waals surface area contributed by atoms with Crippen molar-refractivity contribution < 1.29 is 19.7 Å². The predicted octanol–water partition coefficient (Wildman–Crippen LogP) is 2.45. The van der Waals surface area contributed by atoms with Crippen LogP contribution >= 0.6 is 0 Å². The highest BCUT2D eigenvalue weighted by molar-refractivity contribution is 5.76. The van der Waals surface area contributed by atoms with Crippen LogP contribution in [-0.4, -0.2) is 41.5 Å². The minimum absolute atomic E-state index is 0.0294. The van der Waals surface area contributed by atoms with Gasteiger partial charge in [0.15, 0.2) is 0 Å². The van der Waals surface area contributed by atoms with Crippen LogP contribution in [0.4, 0.5) is 0 Å². The highest BCUT2D eigenvalue weighted by atomic mass is 16.5. The van der Waals surface area contributed by atoms with E-state index in [1.807, 2.05) is 42.5 Å². The Kier molecular flexibility index (Phi) is 8.12. The van der Waals surface area contributed by atoms with E-state index >= 15 is 0 Å². The van der Waals surface area contributed by atoms with Gasteiger partial charge in [-0.1, -0.05) is 42.5 Å². The number of amides is 1. The molecule has 5 nitrogen and oxygen atoms in total. The maximum atomic E-state index is 12.3. The van der Waals surface area contributed by atoms with Crippen molar-refractivity contribution >= 4 is 5.91 Å². The first-order chi connectivity index (χ1) is 12.5. The smallest absolute Gasteiger partial charge is 0.220 e. The molecule has 2 atom stereocenters. The molecule has 1 amide bonds. The highest BCUT2D eigenvalue weighted by Gasteiger charge is 2.14. The minimum atomic E-state index is -0.543. The number of carbonyl (C=O) groups excluding carboxylic acids is 1. The van der Waals surface area contributed by atoms with E-state index in [9.17, 15) is 15.0 Å². The fraction of sp³-hybridized carbons (Fsp3) is 0.381. The standard InChI is InChI=1S/C21H27NO4/c1-16(23)14-26-15-19(13-18-7-10-20(24)11-8-18)22-21(25)12-9-17-5-3-2-4-6-17/h2-8,10-11,16,19,23-24H,9,12-15H2,1H3,(H,22,25)/t16-,19?/m1/s1. The van der Waals surface area contributed by atoms with Gasteiger partial charge in [-0.2, -0.15) is 0 Å². The second-order valence-corrected chi connectivity index (χ2v) is 6.51. The number of ether oxygens (including phenoxy) is 1. The third kappa shape index (κ3) is 7.68. The lowest BCUT2D eigenvalue weighted by Gasteiger charge is -2.20. The van der Waals surface area contributed by atoms with Crippen molar-refractivity contribution in [3.05, 3.63) is 65.7 Å². The SMILES string of the molecule is C[C@@H](O)COCC(Cc1ccc(O)cc1)NC(=O)CCc1ccccc1. The molecule has 0 bridgehead atoms. The fourth-order valence-corrected chi connectivity index (χ4v) is 2.65. The monoisotopic (exact) mass is 357 g/mol. The van der Waals surface area contributed by atoms with Gasteiger partial charge in [0.25, 0.3) is 0 Å². The lowest BCUT2D eigenvalue weighted by Crippen LogP contribution is -2.40. The number of hydrogen-bond acceptors (Lipinski definition) is 4. The quantitative estimate of drug-likeness (QED) is 0.610. The van der Waals surface area contributed by atoms with E-state index in [0.717, 1.165) is 11.1 Å². The summed E-state index contributed by atoms with van der Waals surface area (Å²) < 4.78 is 5.50. The van der Waals surface area contributed by atoms with Crippen molar-refractivity contribution in [2.24, 2.45) is 0 Å². The van der Waals surface area contributed by atoms with Gasteiger partial charge in [0.05, 0.1) is 25.4 Å². The molecular weight excluding hydrogens is 330 g/mol. The van der Waals surface area contributed by atoms with Crippen LogP contribution in [0.1, 0.15) is 24.5 Å². The van der Waals surface area contributed by atoms with E-state index < -0.39 is 6.10 Å². The van der Waals surface area contributed by atoms with E-state index in [2.05, 4.69) is 5.32 Å². The average molecular weight is 357 g/mol. The lowest BCUT2D eigenvalue weighted by atomic mass is 10.1. The Balaban J connectivity index is 1.88. The van der Waals surface area contributed by atoms with Crippen molar-refractivity contribution in [2.45, 2.75) is 38.3 Å². The number of aromatic hydroxyl groups is 1. The zero-order valence-electron chi connectivity index (χ0n) is 15.1. The molecule has 0 aliphatic carbocycles. The van der Waals surface area contributed by atoms with Gasteiger partial charge >= 0.3 is 0 Å². The molecule has 0 fully saturated rings. The van der Waals surface area contributed by atoms with Crippen molar-refractivity contribution in [2.75, 3.05) is 13.2 Å². The van der Waals surface area contributed by atoms with Gasteiger partial charge in [0, 0.05) is 6.42 Å². The summed E-state index contributed by atoms with van der Waals surface area (Å²) >= 11 is 0. The van der Waals surface area contributed by atoms with Crippen molar-refractivity contribution in [3.8, 4) is 5.75 Å². The van der Waals surface area contributed by atoms with E-state index in [1.54, 1.807) is 19.1 Å². The second kappa shape index (κ2) is 10.6. The molecule has 3 N–H and O–H groups in total. The molecule has 0 heterocycles. The molecular formula is C21H27NO4. The van der Waals surface area contributed by atoms with Crippen LogP contribution < -0.4 is 5.32 Å². The van der Waals surface area contributed by atoms with Gasteiger partial charge in [-0.15, -0.1) is 0 Å². The summed E-state index contributed by atoms with van der Waals surface area (Å²) in [7, 11) is 0. The third-order valence-electron chi connectivity index (χ3n) is 3.95. The van der Waals surface area contributed by atoms with Crippen LogP contribution in [0.25, 0.3) is 0 Å². The maximum absolute atomic E-state index is 12.3. The van der Waals surface area contributed by atoms with Crippen LogP contribution in [0.2, 0.25) is 0 Å². The number of aliphatic hydroxyl groups is 1. The number of phenols is 1. The van der Waals surface area contributed by atoms with Gasteiger partial charge in [-0.25, -0.2) is 0 Å². The summed E-state index contributed by atoms with van der Waals surface area (Å²) in [5.74, 6) is 0.181. The predicted molar refractivity (Wildman–Crippen MR) is 101 cm³/mol. The Morgan fingerprint density at radius 3 is 2.38 bits per heavy atom. The largest absolute Gasteiger partial charge is 0.508 e. The summed E-state index contributed by atoms with van der Waals surface area (Å²) in [6.45, 7) is 2.21.